The predicted octanol–water partition coefficient (Wildman–Crippen LogP) is 8.68. The minimum atomic E-state index is -5.04. The number of hydrogen-bond donors (Lipinski definition) is 8. The molecule has 0 heterocycles. The Morgan fingerprint density at radius 1 is 0.526 bits per heavy atom. The lowest BCUT2D eigenvalue weighted by Gasteiger charge is -2.41. The molecule has 0 aliphatic heterocycles. The van der Waals surface area contributed by atoms with Gasteiger partial charge in [-0.2, -0.15) is 0 Å². The third-order valence-electron chi connectivity index (χ3n) is 11.7. The molecule has 0 saturated heterocycles. The molecule has 6 unspecified atom stereocenters. The first-order valence-corrected chi connectivity index (χ1v) is 25.0. The molecule has 0 bridgehead atoms. The molecule has 0 aromatic carbocycles. The van der Waals surface area contributed by atoms with E-state index in [2.05, 4.69) is 19.2 Å². The van der Waals surface area contributed by atoms with Crippen LogP contribution in [0.4, 0.5) is 0 Å². The molecular formula is C44H88NO11P. The topological polar surface area (TPSA) is 206 Å². The number of carbonyl (C=O) groups is 1. The molecule has 1 rings (SSSR count). The minimum Gasteiger partial charge on any atom is -0.391 e. The van der Waals surface area contributed by atoms with E-state index < -0.39 is 63.2 Å². The van der Waals surface area contributed by atoms with Crippen LogP contribution in [0, 0.1) is 0 Å². The molecule has 0 spiro atoms. The zero-order valence-electron chi connectivity index (χ0n) is 36.2. The third kappa shape index (κ3) is 27.0. The van der Waals surface area contributed by atoms with Gasteiger partial charge in [-0.3, -0.25) is 13.8 Å². The molecule has 1 amide bonds. The molecule has 9 atom stereocenters. The lowest BCUT2D eigenvalue weighted by Crippen LogP contribution is -2.64. The second-order valence-corrected chi connectivity index (χ2v) is 18.4. The van der Waals surface area contributed by atoms with Gasteiger partial charge in [-0.15, -0.1) is 0 Å². The highest BCUT2D eigenvalue weighted by Crippen LogP contribution is 2.47. The Morgan fingerprint density at radius 2 is 0.842 bits per heavy atom. The molecule has 340 valence electrons. The first-order valence-electron chi connectivity index (χ1n) is 23.5. The maximum atomic E-state index is 12.9. The lowest BCUT2D eigenvalue weighted by molar-refractivity contribution is -0.220. The standard InChI is InChI=1S/C44H88NO11P/c1-3-5-7-9-11-13-14-15-16-17-18-19-20-21-22-23-24-26-28-30-32-34-38(47)45-36(37(46)33-31-29-27-25-12-10-8-6-4-2)35-55-57(53,54)56-44-42(51)40(49)39(48)41(50)43(44)52/h36-37,39-44,46,48-52H,3-35H2,1-2H3,(H,45,47)(H,53,54)/t36-,37+,39?,40+,41?,42?,43?,44?/m0/s1. The van der Waals surface area contributed by atoms with E-state index in [0.717, 1.165) is 38.5 Å². The highest BCUT2D eigenvalue weighted by Gasteiger charge is 2.51. The number of nitrogens with one attached hydrogen (secondary N) is 1. The van der Waals surface area contributed by atoms with E-state index in [4.69, 9.17) is 9.05 Å². The molecule has 0 aromatic heterocycles. The molecule has 0 radical (unpaired) electrons. The normalized spacial score (nSPS) is 23.3. The van der Waals surface area contributed by atoms with E-state index in [1.165, 1.54) is 141 Å². The summed E-state index contributed by atoms with van der Waals surface area (Å²) in [5.74, 6) is -0.306. The molecule has 13 heteroatoms. The lowest BCUT2D eigenvalue weighted by atomic mass is 9.85. The van der Waals surface area contributed by atoms with Gasteiger partial charge in [0, 0.05) is 6.42 Å². The van der Waals surface area contributed by atoms with Crippen LogP contribution in [-0.2, 0) is 18.4 Å². The fourth-order valence-electron chi connectivity index (χ4n) is 7.79. The van der Waals surface area contributed by atoms with E-state index in [1.54, 1.807) is 0 Å². The SMILES string of the molecule is CCCCCCCCCCCCCCCCCCCCCCCC(=O)N[C@@H](COP(=O)(O)OC1C(O)C(O)C(O)[C@@H](O)C1O)[C@H](O)CCCCCCCCCCC. The number of rotatable bonds is 39. The summed E-state index contributed by atoms with van der Waals surface area (Å²) in [5.41, 5.74) is 0. The van der Waals surface area contributed by atoms with Crippen LogP contribution in [0.5, 0.6) is 0 Å². The van der Waals surface area contributed by atoms with Crippen molar-refractivity contribution in [1.29, 1.82) is 0 Å². The van der Waals surface area contributed by atoms with Gasteiger partial charge in [0.2, 0.25) is 5.91 Å². The summed E-state index contributed by atoms with van der Waals surface area (Å²) < 4.78 is 22.9. The highest BCUT2D eigenvalue weighted by molar-refractivity contribution is 7.47. The number of aliphatic hydroxyl groups is 6. The van der Waals surface area contributed by atoms with Gasteiger partial charge in [0.1, 0.15) is 36.6 Å². The van der Waals surface area contributed by atoms with Gasteiger partial charge in [-0.05, 0) is 12.8 Å². The van der Waals surface area contributed by atoms with Crippen molar-refractivity contribution in [3.63, 3.8) is 0 Å². The molecule has 1 fully saturated rings. The zero-order valence-corrected chi connectivity index (χ0v) is 37.1. The molecule has 57 heavy (non-hydrogen) atoms. The largest absolute Gasteiger partial charge is 0.472 e. The van der Waals surface area contributed by atoms with Gasteiger partial charge in [-0.25, -0.2) is 4.57 Å². The summed E-state index contributed by atoms with van der Waals surface area (Å²) in [5, 5.41) is 64.0. The molecule has 1 saturated carbocycles. The van der Waals surface area contributed by atoms with E-state index in [1.807, 2.05) is 0 Å². The quantitative estimate of drug-likeness (QED) is 0.0217. The Labute approximate surface area is 346 Å². The van der Waals surface area contributed by atoms with Crippen LogP contribution in [-0.4, -0.2) is 96.8 Å². The molecule has 0 aromatic rings. The maximum Gasteiger partial charge on any atom is 0.472 e. The average Bonchev–Trinajstić information content (AvgIpc) is 3.19. The first-order chi connectivity index (χ1) is 27.4. The number of hydrogen-bond acceptors (Lipinski definition) is 10. The number of aliphatic hydroxyl groups excluding tert-OH is 6. The summed E-state index contributed by atoms with van der Waals surface area (Å²) in [6, 6.07) is -1.02. The fraction of sp³-hybridized carbons (Fsp3) is 0.977. The summed E-state index contributed by atoms with van der Waals surface area (Å²) in [4.78, 5) is 23.3. The van der Waals surface area contributed by atoms with E-state index in [0.29, 0.717) is 19.3 Å². The summed E-state index contributed by atoms with van der Waals surface area (Å²) in [6.45, 7) is 3.87. The molecule has 1 aliphatic carbocycles. The second-order valence-electron chi connectivity index (χ2n) is 17.0. The van der Waals surface area contributed by atoms with Crippen molar-refractivity contribution in [2.75, 3.05) is 6.61 Å². The van der Waals surface area contributed by atoms with Crippen LogP contribution in [0.3, 0.4) is 0 Å². The highest BCUT2D eigenvalue weighted by atomic mass is 31.2. The maximum absolute atomic E-state index is 12.9. The third-order valence-corrected chi connectivity index (χ3v) is 12.7. The number of phosphoric acid groups is 1. The van der Waals surface area contributed by atoms with Crippen LogP contribution in [0.25, 0.3) is 0 Å². The summed E-state index contributed by atoms with van der Waals surface area (Å²) in [6.07, 6.45) is 24.5. The van der Waals surface area contributed by atoms with Crippen LogP contribution < -0.4 is 5.32 Å². The Balaban J connectivity index is 2.35. The minimum absolute atomic E-state index is 0.242. The van der Waals surface area contributed by atoms with Gasteiger partial charge in [-0.1, -0.05) is 200 Å². The van der Waals surface area contributed by atoms with Crippen molar-refractivity contribution < 1.29 is 53.9 Å². The Morgan fingerprint density at radius 3 is 1.21 bits per heavy atom. The Hall–Kier alpha value is -0.660. The predicted molar refractivity (Wildman–Crippen MR) is 228 cm³/mol. The molecular weight excluding hydrogens is 749 g/mol. The number of phosphoric ester groups is 1. The van der Waals surface area contributed by atoms with Crippen molar-refractivity contribution in [3.8, 4) is 0 Å². The van der Waals surface area contributed by atoms with Crippen LogP contribution in [0.15, 0.2) is 0 Å². The van der Waals surface area contributed by atoms with Crippen molar-refractivity contribution in [3.05, 3.63) is 0 Å². The average molecular weight is 838 g/mol. The number of amides is 1. The van der Waals surface area contributed by atoms with E-state index in [-0.39, 0.29) is 12.3 Å². The van der Waals surface area contributed by atoms with Crippen LogP contribution in [0.2, 0.25) is 0 Å². The van der Waals surface area contributed by atoms with E-state index in [9.17, 15) is 44.9 Å². The number of unbranched alkanes of at least 4 members (excludes halogenated alkanes) is 28. The van der Waals surface area contributed by atoms with Crippen molar-refractivity contribution in [2.24, 2.45) is 0 Å². The zero-order chi connectivity index (χ0) is 42.2. The van der Waals surface area contributed by atoms with Crippen LogP contribution >= 0.6 is 7.82 Å². The fourth-order valence-corrected chi connectivity index (χ4v) is 8.76. The molecule has 12 nitrogen and oxygen atoms in total. The Kier molecular flexibility index (Phi) is 33.4. The number of carbonyl (C=O) groups excluding carboxylic acids is 1. The van der Waals surface area contributed by atoms with Crippen molar-refractivity contribution in [2.45, 2.75) is 268 Å². The summed E-state index contributed by atoms with van der Waals surface area (Å²) >= 11 is 0. The van der Waals surface area contributed by atoms with Gasteiger partial charge in [0.25, 0.3) is 0 Å². The van der Waals surface area contributed by atoms with Crippen molar-refractivity contribution in [1.82, 2.24) is 5.32 Å². The van der Waals surface area contributed by atoms with Gasteiger partial charge in [0.15, 0.2) is 0 Å². The van der Waals surface area contributed by atoms with E-state index >= 15 is 0 Å². The van der Waals surface area contributed by atoms with Crippen LogP contribution in [0.1, 0.15) is 219 Å². The monoisotopic (exact) mass is 838 g/mol. The van der Waals surface area contributed by atoms with Gasteiger partial charge >= 0.3 is 7.82 Å². The van der Waals surface area contributed by atoms with Gasteiger partial charge < -0.3 is 40.8 Å². The molecule has 1 aliphatic rings. The van der Waals surface area contributed by atoms with Crippen molar-refractivity contribution >= 4 is 13.7 Å². The smallest absolute Gasteiger partial charge is 0.391 e. The second kappa shape index (κ2) is 35.0. The Bertz CT molecular complexity index is 978. The summed E-state index contributed by atoms with van der Waals surface area (Å²) in [7, 11) is -5.04. The first kappa shape index (κ1) is 54.4. The van der Waals surface area contributed by atoms with Gasteiger partial charge in [0.05, 0.1) is 18.8 Å². The molecule has 8 N–H and O–H groups in total.